The molecule has 0 aromatic heterocycles. The second kappa shape index (κ2) is 5.63. The van der Waals surface area contributed by atoms with Gasteiger partial charge in [-0.15, -0.1) is 0 Å². The molecule has 0 saturated carbocycles. The Labute approximate surface area is 122 Å². The van der Waals surface area contributed by atoms with E-state index in [1.54, 1.807) is 26.0 Å². The Hall–Kier alpha value is -2.25. The summed E-state index contributed by atoms with van der Waals surface area (Å²) in [7, 11) is -4.45. The van der Waals surface area contributed by atoms with Crippen molar-refractivity contribution in [3.63, 3.8) is 0 Å². The van der Waals surface area contributed by atoms with E-state index in [-0.39, 0.29) is 10.6 Å². The van der Waals surface area contributed by atoms with Gasteiger partial charge in [0.15, 0.2) is 0 Å². The molecule has 0 unspecified atom stereocenters. The van der Waals surface area contributed by atoms with E-state index in [0.717, 1.165) is 11.1 Å². The second-order valence-corrected chi connectivity index (χ2v) is 5.96. The molecular weight excluding hydrogens is 292 g/mol. The van der Waals surface area contributed by atoms with E-state index < -0.39 is 10.1 Å². The number of hydrogen-bond donors (Lipinski definition) is 1. The predicted molar refractivity (Wildman–Crippen MR) is 76.2 cm³/mol. The van der Waals surface area contributed by atoms with Gasteiger partial charge in [0.25, 0.3) is 0 Å². The zero-order valence-electron chi connectivity index (χ0n) is 11.4. The van der Waals surface area contributed by atoms with E-state index in [9.17, 15) is 18.1 Å². The van der Waals surface area contributed by atoms with Crippen LogP contribution in [-0.2, 0) is 10.1 Å². The summed E-state index contributed by atoms with van der Waals surface area (Å²) in [4.78, 5) is -0.307. The molecule has 0 amide bonds. The Morgan fingerprint density at radius 2 is 1.52 bits per heavy atom. The molecule has 0 atom stereocenters. The van der Waals surface area contributed by atoms with E-state index in [1.165, 1.54) is 24.3 Å². The summed E-state index contributed by atoms with van der Waals surface area (Å²) >= 11 is 0. The third kappa shape index (κ3) is 3.65. The maximum Gasteiger partial charge on any atom is 0.124 e. The predicted octanol–water partition coefficient (Wildman–Crippen LogP) is 3.33. The van der Waals surface area contributed by atoms with Gasteiger partial charge < -0.3 is 9.66 Å². The first-order chi connectivity index (χ1) is 9.77. The number of nitrogens with zero attached hydrogens (tertiary/aromatic N) is 2. The Balaban J connectivity index is 2.30. The largest absolute Gasteiger partial charge is 0.744 e. The van der Waals surface area contributed by atoms with Crippen LogP contribution in [0.5, 0.6) is 5.75 Å². The molecule has 0 aliphatic carbocycles. The van der Waals surface area contributed by atoms with Crippen LogP contribution in [0.1, 0.15) is 11.1 Å². The molecule has 0 spiro atoms. The molecule has 0 bridgehead atoms. The maximum atomic E-state index is 10.8. The standard InChI is InChI=1S/C14H14N2O4S/c1-9-7-12(17)8-10(2)14(9)16-15-11-3-5-13(6-4-11)21(18,19)20/h3-8,17H,1-2H3,(H,18,19,20)/p-1. The first-order valence-electron chi connectivity index (χ1n) is 6.05. The number of phenols is 1. The molecule has 2 aromatic carbocycles. The number of phenolic OH excluding ortho intramolecular Hbond substituents is 1. The third-order valence-electron chi connectivity index (χ3n) is 2.87. The van der Waals surface area contributed by atoms with Gasteiger partial charge in [-0.1, -0.05) is 0 Å². The maximum absolute atomic E-state index is 10.8. The van der Waals surface area contributed by atoms with Gasteiger partial charge in [-0.2, -0.15) is 10.2 Å². The minimum atomic E-state index is -4.45. The quantitative estimate of drug-likeness (QED) is 0.694. The molecule has 2 rings (SSSR count). The molecule has 110 valence electrons. The zero-order chi connectivity index (χ0) is 15.6. The highest BCUT2D eigenvalue weighted by Gasteiger charge is 2.04. The second-order valence-electron chi connectivity index (χ2n) is 4.58. The van der Waals surface area contributed by atoms with Gasteiger partial charge in [0, 0.05) is 0 Å². The van der Waals surface area contributed by atoms with Crippen molar-refractivity contribution in [3.8, 4) is 5.75 Å². The number of rotatable bonds is 3. The van der Waals surface area contributed by atoms with Crippen molar-refractivity contribution < 1.29 is 18.1 Å². The summed E-state index contributed by atoms with van der Waals surface area (Å²) in [6.45, 7) is 3.60. The van der Waals surface area contributed by atoms with E-state index in [4.69, 9.17) is 0 Å². The molecule has 6 nitrogen and oxygen atoms in total. The van der Waals surface area contributed by atoms with Crippen LogP contribution in [0.25, 0.3) is 0 Å². The molecule has 0 radical (unpaired) electrons. The summed E-state index contributed by atoms with van der Waals surface area (Å²) in [5.41, 5.74) is 2.60. The Morgan fingerprint density at radius 3 is 2.00 bits per heavy atom. The fraction of sp³-hybridized carbons (Fsp3) is 0.143. The monoisotopic (exact) mass is 305 g/mol. The summed E-state index contributed by atoms with van der Waals surface area (Å²) in [5.74, 6) is 0.161. The minimum Gasteiger partial charge on any atom is -0.744 e. The minimum absolute atomic E-state index is 0.161. The summed E-state index contributed by atoms with van der Waals surface area (Å²) < 4.78 is 32.4. The average Bonchev–Trinajstić information content (AvgIpc) is 2.37. The van der Waals surface area contributed by atoms with E-state index >= 15 is 0 Å². The Kier molecular flexibility index (Phi) is 4.06. The highest BCUT2D eigenvalue weighted by molar-refractivity contribution is 7.85. The SMILES string of the molecule is Cc1cc(O)cc(C)c1N=Nc1ccc(S(=O)(=O)[O-])cc1. The lowest BCUT2D eigenvalue weighted by Gasteiger charge is -2.06. The van der Waals surface area contributed by atoms with Gasteiger partial charge in [-0.3, -0.25) is 0 Å². The topological polar surface area (TPSA) is 102 Å². The average molecular weight is 305 g/mol. The van der Waals surface area contributed by atoms with Crippen molar-refractivity contribution in [1.29, 1.82) is 0 Å². The summed E-state index contributed by atoms with van der Waals surface area (Å²) in [5, 5.41) is 17.5. The van der Waals surface area contributed by atoms with Crippen LogP contribution in [0.3, 0.4) is 0 Å². The van der Waals surface area contributed by atoms with Gasteiger partial charge in [-0.25, -0.2) is 8.42 Å². The lowest BCUT2D eigenvalue weighted by Crippen LogP contribution is -1.97. The Bertz CT molecular complexity index is 773. The normalized spacial score (nSPS) is 12.0. The van der Waals surface area contributed by atoms with Gasteiger partial charge in [0.05, 0.1) is 16.3 Å². The molecule has 0 saturated heterocycles. The smallest absolute Gasteiger partial charge is 0.124 e. The van der Waals surface area contributed by atoms with Crippen molar-refractivity contribution in [2.75, 3.05) is 0 Å². The molecule has 0 aliphatic heterocycles. The van der Waals surface area contributed by atoms with E-state index in [1.807, 2.05) is 0 Å². The zero-order valence-corrected chi connectivity index (χ0v) is 12.3. The lowest BCUT2D eigenvalue weighted by atomic mass is 10.1. The number of aromatic hydroxyl groups is 1. The molecule has 7 heteroatoms. The van der Waals surface area contributed by atoms with Crippen molar-refractivity contribution in [2.45, 2.75) is 18.7 Å². The molecule has 21 heavy (non-hydrogen) atoms. The Morgan fingerprint density at radius 1 is 1.00 bits per heavy atom. The number of hydrogen-bond acceptors (Lipinski definition) is 6. The first kappa shape index (κ1) is 15.1. The first-order valence-corrected chi connectivity index (χ1v) is 7.46. The molecule has 0 aliphatic rings. The van der Waals surface area contributed by atoms with Gasteiger partial charge in [0.2, 0.25) is 0 Å². The summed E-state index contributed by atoms with van der Waals surface area (Å²) in [6, 6.07) is 8.34. The fourth-order valence-electron chi connectivity index (χ4n) is 1.88. The number of azo groups is 1. The third-order valence-corrected chi connectivity index (χ3v) is 3.72. The van der Waals surface area contributed by atoms with Gasteiger partial charge >= 0.3 is 0 Å². The molecule has 1 N–H and O–H groups in total. The molecule has 0 fully saturated rings. The highest BCUT2D eigenvalue weighted by atomic mass is 32.2. The van der Waals surface area contributed by atoms with E-state index in [0.29, 0.717) is 11.4 Å². The fourth-order valence-corrected chi connectivity index (χ4v) is 2.35. The summed E-state index contributed by atoms with van der Waals surface area (Å²) in [6.07, 6.45) is 0. The van der Waals surface area contributed by atoms with E-state index in [2.05, 4.69) is 10.2 Å². The number of aryl methyl sites for hydroxylation is 2. The van der Waals surface area contributed by atoms with Crippen molar-refractivity contribution in [2.24, 2.45) is 10.2 Å². The lowest BCUT2D eigenvalue weighted by molar-refractivity contribution is 0.463. The van der Waals surface area contributed by atoms with Crippen LogP contribution in [0.15, 0.2) is 51.5 Å². The molecule has 2 aromatic rings. The van der Waals surface area contributed by atoms with Crippen LogP contribution in [-0.4, -0.2) is 18.1 Å². The van der Waals surface area contributed by atoms with Crippen LogP contribution in [0.4, 0.5) is 11.4 Å². The van der Waals surface area contributed by atoms with Gasteiger partial charge in [0.1, 0.15) is 15.9 Å². The van der Waals surface area contributed by atoms with Crippen LogP contribution < -0.4 is 0 Å². The van der Waals surface area contributed by atoms with Gasteiger partial charge in [-0.05, 0) is 61.4 Å². The van der Waals surface area contributed by atoms with Crippen molar-refractivity contribution in [3.05, 3.63) is 47.5 Å². The van der Waals surface area contributed by atoms with Crippen LogP contribution in [0.2, 0.25) is 0 Å². The molecule has 0 heterocycles. The van der Waals surface area contributed by atoms with Crippen molar-refractivity contribution in [1.82, 2.24) is 0 Å². The number of benzene rings is 2. The van der Waals surface area contributed by atoms with Crippen LogP contribution in [0, 0.1) is 13.8 Å². The van der Waals surface area contributed by atoms with Crippen LogP contribution >= 0.6 is 0 Å². The van der Waals surface area contributed by atoms with Crippen molar-refractivity contribution >= 4 is 21.5 Å². The highest BCUT2D eigenvalue weighted by Crippen LogP contribution is 2.29. The molecular formula is C14H13N2O4S-.